The second-order valence-corrected chi connectivity index (χ2v) is 5.04. The van der Waals surface area contributed by atoms with Crippen LogP contribution in [-0.2, 0) is 9.84 Å². The molecule has 1 aromatic carbocycles. The van der Waals surface area contributed by atoms with E-state index in [9.17, 15) is 8.42 Å². The highest BCUT2D eigenvalue weighted by molar-refractivity contribution is 7.91. The third-order valence-electron chi connectivity index (χ3n) is 1.93. The van der Waals surface area contributed by atoms with E-state index >= 15 is 0 Å². The molecular formula is C9H12BO2S. The van der Waals surface area contributed by atoms with Gasteiger partial charge in [-0.1, -0.05) is 31.3 Å². The maximum absolute atomic E-state index is 11.5. The molecule has 0 saturated carbocycles. The molecule has 0 atom stereocenters. The van der Waals surface area contributed by atoms with Gasteiger partial charge >= 0.3 is 0 Å². The van der Waals surface area contributed by atoms with Crippen molar-refractivity contribution in [1.29, 1.82) is 0 Å². The van der Waals surface area contributed by atoms with Crippen molar-refractivity contribution in [1.82, 2.24) is 0 Å². The molecule has 1 radical (unpaired) electrons. The zero-order chi connectivity index (χ0) is 9.90. The Morgan fingerprint density at radius 2 is 2.08 bits per heavy atom. The fourth-order valence-electron chi connectivity index (χ4n) is 1.05. The summed E-state index contributed by atoms with van der Waals surface area (Å²) in [4.78, 5) is 0.408. The van der Waals surface area contributed by atoms with Crippen LogP contribution in [0.15, 0.2) is 29.2 Å². The first-order valence-corrected chi connectivity index (χ1v) is 5.87. The molecule has 0 aliphatic heterocycles. The summed E-state index contributed by atoms with van der Waals surface area (Å²) in [5.41, 5.74) is 0.939. The Morgan fingerprint density at radius 3 is 2.62 bits per heavy atom. The number of hydrogen-bond donors (Lipinski definition) is 0. The van der Waals surface area contributed by atoms with Gasteiger partial charge in [-0.3, -0.25) is 0 Å². The van der Waals surface area contributed by atoms with Crippen LogP contribution in [-0.4, -0.2) is 21.5 Å². The van der Waals surface area contributed by atoms with Crippen molar-refractivity contribution >= 4 is 22.6 Å². The van der Waals surface area contributed by atoms with Crippen LogP contribution in [0.1, 0.15) is 6.92 Å². The largest absolute Gasteiger partial charge is 0.224 e. The Balaban J connectivity index is 3.17. The van der Waals surface area contributed by atoms with Gasteiger partial charge in [0.15, 0.2) is 9.84 Å². The molecule has 1 rings (SSSR count). The van der Waals surface area contributed by atoms with Crippen LogP contribution < -0.4 is 5.46 Å². The Labute approximate surface area is 80.1 Å². The minimum Gasteiger partial charge on any atom is -0.224 e. The zero-order valence-corrected chi connectivity index (χ0v) is 8.64. The van der Waals surface area contributed by atoms with Crippen molar-refractivity contribution in [2.75, 3.05) is 5.75 Å². The minimum atomic E-state index is -3.05. The Hall–Kier alpha value is -0.765. The first-order chi connectivity index (χ1) is 6.10. The maximum atomic E-state index is 11.5. The molecule has 0 spiro atoms. The lowest BCUT2D eigenvalue weighted by Gasteiger charge is -2.02. The van der Waals surface area contributed by atoms with E-state index in [2.05, 4.69) is 0 Å². The van der Waals surface area contributed by atoms with Gasteiger partial charge in [0.2, 0.25) is 0 Å². The predicted octanol–water partition coefficient (Wildman–Crippen LogP) is 0.858. The molecule has 0 saturated heterocycles. The van der Waals surface area contributed by atoms with Gasteiger partial charge < -0.3 is 0 Å². The van der Waals surface area contributed by atoms with E-state index in [1.165, 1.54) is 0 Å². The number of rotatable bonds is 3. The third kappa shape index (κ3) is 2.34. The fraction of sp³-hybridized carbons (Fsp3) is 0.333. The van der Waals surface area contributed by atoms with E-state index in [1.54, 1.807) is 25.1 Å². The van der Waals surface area contributed by atoms with Crippen LogP contribution in [0.2, 0.25) is 6.82 Å². The average Bonchev–Trinajstić information content (AvgIpc) is 2.18. The Morgan fingerprint density at radius 1 is 1.38 bits per heavy atom. The summed E-state index contributed by atoms with van der Waals surface area (Å²) in [7, 11) is -1.17. The summed E-state index contributed by atoms with van der Waals surface area (Å²) in [6, 6.07) is 6.97. The highest BCUT2D eigenvalue weighted by Gasteiger charge is 2.10. The molecular weight excluding hydrogens is 183 g/mol. The monoisotopic (exact) mass is 195 g/mol. The van der Waals surface area contributed by atoms with Crippen molar-refractivity contribution in [2.45, 2.75) is 18.6 Å². The molecule has 0 fully saturated rings. The van der Waals surface area contributed by atoms with Gasteiger partial charge in [-0.25, -0.2) is 8.42 Å². The minimum absolute atomic E-state index is 0.153. The topological polar surface area (TPSA) is 34.1 Å². The van der Waals surface area contributed by atoms with Gasteiger partial charge in [-0.15, -0.1) is 0 Å². The summed E-state index contributed by atoms with van der Waals surface area (Å²) in [5.74, 6) is 0.153. The molecule has 0 heterocycles. The van der Waals surface area contributed by atoms with Gasteiger partial charge in [0.05, 0.1) is 10.6 Å². The van der Waals surface area contributed by atoms with Crippen molar-refractivity contribution < 1.29 is 8.42 Å². The molecule has 0 aliphatic rings. The van der Waals surface area contributed by atoms with Crippen LogP contribution >= 0.6 is 0 Å². The van der Waals surface area contributed by atoms with E-state index in [-0.39, 0.29) is 5.75 Å². The summed E-state index contributed by atoms with van der Waals surface area (Å²) in [6.45, 7) is 3.54. The number of benzene rings is 1. The van der Waals surface area contributed by atoms with Crippen LogP contribution in [0.4, 0.5) is 0 Å². The molecule has 0 N–H and O–H groups in total. The lowest BCUT2D eigenvalue weighted by Crippen LogP contribution is -2.13. The smallest absolute Gasteiger partial charge is 0.178 e. The molecule has 2 nitrogen and oxygen atoms in total. The van der Waals surface area contributed by atoms with Gasteiger partial charge in [0.1, 0.15) is 7.28 Å². The van der Waals surface area contributed by atoms with Crippen LogP contribution in [0, 0.1) is 0 Å². The Kier molecular flexibility index (Phi) is 3.14. The highest BCUT2D eigenvalue weighted by atomic mass is 32.2. The average molecular weight is 195 g/mol. The second-order valence-electron chi connectivity index (χ2n) is 2.76. The number of hydrogen-bond acceptors (Lipinski definition) is 2. The molecule has 1 aromatic rings. The molecule has 4 heteroatoms. The normalized spacial score (nSPS) is 11.2. The summed E-state index contributed by atoms with van der Waals surface area (Å²) in [5, 5.41) is 0. The van der Waals surface area contributed by atoms with Gasteiger partial charge in [-0.05, 0) is 12.1 Å². The molecule has 69 valence electrons. The predicted molar refractivity (Wildman–Crippen MR) is 55.4 cm³/mol. The van der Waals surface area contributed by atoms with Crippen LogP contribution in [0.5, 0.6) is 0 Å². The standard InChI is InChI=1S/C9H12BO2S/c1-3-13(11,12)9-6-4-5-8(7-9)10-2/h4-7H,3H2,1-2H3. The fourth-order valence-corrected chi connectivity index (χ4v) is 1.99. The first kappa shape index (κ1) is 10.3. The molecule has 0 aliphatic carbocycles. The van der Waals surface area contributed by atoms with E-state index in [1.807, 2.05) is 20.2 Å². The van der Waals surface area contributed by atoms with E-state index in [0.717, 1.165) is 5.46 Å². The van der Waals surface area contributed by atoms with Crippen LogP contribution in [0.25, 0.3) is 0 Å². The quantitative estimate of drug-likeness (QED) is 0.670. The SMILES string of the molecule is C[B]c1cccc(S(=O)(=O)CC)c1. The lowest BCUT2D eigenvalue weighted by atomic mass is 9.74. The van der Waals surface area contributed by atoms with Crippen molar-refractivity contribution in [3.63, 3.8) is 0 Å². The summed E-state index contributed by atoms with van der Waals surface area (Å²) in [6.07, 6.45) is 0. The summed E-state index contributed by atoms with van der Waals surface area (Å²) >= 11 is 0. The summed E-state index contributed by atoms with van der Waals surface area (Å²) < 4.78 is 22.9. The Bertz CT molecular complexity index is 384. The second kappa shape index (κ2) is 3.96. The van der Waals surface area contributed by atoms with Gasteiger partial charge in [-0.2, -0.15) is 0 Å². The third-order valence-corrected chi connectivity index (χ3v) is 3.66. The van der Waals surface area contributed by atoms with Crippen molar-refractivity contribution in [3.8, 4) is 0 Å². The van der Waals surface area contributed by atoms with E-state index in [0.29, 0.717) is 4.90 Å². The van der Waals surface area contributed by atoms with Gasteiger partial charge in [0, 0.05) is 0 Å². The van der Waals surface area contributed by atoms with E-state index in [4.69, 9.17) is 0 Å². The number of sulfone groups is 1. The zero-order valence-electron chi connectivity index (χ0n) is 7.82. The molecule has 0 bridgehead atoms. The van der Waals surface area contributed by atoms with Crippen molar-refractivity contribution in [2.24, 2.45) is 0 Å². The molecule has 0 unspecified atom stereocenters. The van der Waals surface area contributed by atoms with Crippen molar-refractivity contribution in [3.05, 3.63) is 24.3 Å². The lowest BCUT2D eigenvalue weighted by molar-refractivity contribution is 0.597. The van der Waals surface area contributed by atoms with Gasteiger partial charge in [0.25, 0.3) is 0 Å². The maximum Gasteiger partial charge on any atom is 0.178 e. The molecule has 0 aromatic heterocycles. The molecule has 0 amide bonds. The molecule has 13 heavy (non-hydrogen) atoms. The first-order valence-electron chi connectivity index (χ1n) is 4.22. The van der Waals surface area contributed by atoms with E-state index < -0.39 is 9.84 Å². The highest BCUT2D eigenvalue weighted by Crippen LogP contribution is 2.07. The van der Waals surface area contributed by atoms with Crippen LogP contribution in [0.3, 0.4) is 0 Å².